The van der Waals surface area contributed by atoms with Crippen LogP contribution in [-0.4, -0.2) is 63.7 Å². The molecule has 0 spiro atoms. The zero-order chi connectivity index (χ0) is 34.2. The van der Waals surface area contributed by atoms with Crippen molar-refractivity contribution in [1.82, 2.24) is 9.55 Å². The van der Waals surface area contributed by atoms with Crippen LogP contribution in [-0.2, 0) is 36.5 Å². The van der Waals surface area contributed by atoms with E-state index in [-0.39, 0.29) is 70.6 Å². The number of ether oxygens (including phenoxy) is 5. The average molecular weight is 697 g/mol. The summed E-state index contributed by atoms with van der Waals surface area (Å²) < 4.78 is 27.5. The molecule has 0 unspecified atom stereocenters. The molecule has 0 radical (unpaired) electrons. The van der Waals surface area contributed by atoms with Crippen LogP contribution in [0, 0.1) is 27.2 Å². The molecule has 0 amide bonds. The van der Waals surface area contributed by atoms with Crippen LogP contribution >= 0.6 is 23.2 Å². The lowest BCUT2D eigenvalue weighted by Gasteiger charge is -2.18. The van der Waals surface area contributed by atoms with Gasteiger partial charge < -0.3 is 23.7 Å². The van der Waals surface area contributed by atoms with Crippen molar-refractivity contribution in [2.45, 2.75) is 44.6 Å². The van der Waals surface area contributed by atoms with Crippen LogP contribution in [0.2, 0.25) is 10.0 Å². The smallest absolute Gasteiger partial charge is 0.434 e. The zero-order valence-electron chi connectivity index (χ0n) is 24.4. The highest BCUT2D eigenvalue weighted by Crippen LogP contribution is 2.31. The summed E-state index contributed by atoms with van der Waals surface area (Å²) in [4.78, 5) is 72.7. The maximum Gasteiger partial charge on any atom is 0.508 e. The first-order chi connectivity index (χ1) is 22.3. The Morgan fingerprint density at radius 3 is 2.04 bits per heavy atom. The highest BCUT2D eigenvalue weighted by atomic mass is 35.5. The van der Waals surface area contributed by atoms with Crippen LogP contribution in [0.25, 0.3) is 0 Å². The number of rotatable bonds is 12. The molecule has 2 aromatic carbocycles. The van der Waals surface area contributed by atoms with Crippen molar-refractivity contribution < 1.29 is 43.1 Å². The number of H-pyrrole nitrogens is 1. The highest BCUT2D eigenvalue weighted by Gasteiger charge is 2.41. The predicted octanol–water partition coefficient (Wildman–Crippen LogP) is 4.42. The molecule has 2 heterocycles. The minimum absolute atomic E-state index is 0.0868. The largest absolute Gasteiger partial charge is 0.508 e. The minimum Gasteiger partial charge on any atom is -0.434 e. The van der Waals surface area contributed by atoms with Gasteiger partial charge in [-0.15, -0.1) is 0 Å². The summed E-state index contributed by atoms with van der Waals surface area (Å²) in [5.74, 6) is 0. The summed E-state index contributed by atoms with van der Waals surface area (Å²) >= 11 is 12.1. The maximum atomic E-state index is 12.6. The van der Waals surface area contributed by atoms with E-state index in [0.717, 1.165) is 4.57 Å². The lowest BCUT2D eigenvalue weighted by atomic mass is 10.1. The van der Waals surface area contributed by atoms with Gasteiger partial charge in [0.15, 0.2) is 0 Å². The van der Waals surface area contributed by atoms with E-state index in [2.05, 4.69) is 4.98 Å². The number of carbonyl (C=O) groups is 2. The van der Waals surface area contributed by atoms with Gasteiger partial charge in [-0.05, 0) is 19.1 Å². The first kappa shape index (κ1) is 34.9. The van der Waals surface area contributed by atoms with E-state index < -0.39 is 58.4 Å². The van der Waals surface area contributed by atoms with Gasteiger partial charge in [0.1, 0.15) is 25.0 Å². The molecule has 1 fully saturated rings. The molecule has 17 nitrogen and oxygen atoms in total. The number of benzene rings is 2. The fraction of sp³-hybridized carbons (Fsp3) is 0.357. The van der Waals surface area contributed by atoms with Crippen molar-refractivity contribution in [2.75, 3.05) is 19.8 Å². The Morgan fingerprint density at radius 1 is 0.936 bits per heavy atom. The Hall–Kier alpha value is -5.00. The van der Waals surface area contributed by atoms with Gasteiger partial charge in [-0.3, -0.25) is 34.6 Å². The van der Waals surface area contributed by atoms with Crippen LogP contribution < -0.4 is 11.2 Å². The molecule has 3 atom stereocenters. The van der Waals surface area contributed by atoms with E-state index in [1.165, 1.54) is 49.5 Å². The Balaban J connectivity index is 1.39. The Kier molecular flexibility index (Phi) is 11.5. The lowest BCUT2D eigenvalue weighted by molar-refractivity contribution is -0.385. The van der Waals surface area contributed by atoms with E-state index in [1.807, 2.05) is 0 Å². The number of carbonyl (C=O) groups excluding carboxylic acids is 2. The Bertz CT molecular complexity index is 1790. The van der Waals surface area contributed by atoms with E-state index in [0.29, 0.717) is 0 Å². The van der Waals surface area contributed by atoms with Gasteiger partial charge in [-0.25, -0.2) is 14.4 Å². The molecular weight excluding hydrogens is 671 g/mol. The molecule has 1 aliphatic heterocycles. The third-order valence-corrected chi connectivity index (χ3v) is 7.68. The van der Waals surface area contributed by atoms with Crippen LogP contribution in [0.5, 0.6) is 0 Å². The number of nitro groups is 2. The van der Waals surface area contributed by atoms with Crippen molar-refractivity contribution in [3.8, 4) is 0 Å². The SMILES string of the molecule is Cc1cn([C@H]2C[C@H](OC(=O)OCCc3c(Cl)cccc3[N+](=O)[O-])[C@@H](COC(=O)OCCc3c(Cl)cccc3[N+](=O)[O-])O2)c(=O)[nH]c1=O. The monoisotopic (exact) mass is 696 g/mol. The molecule has 1 N–H and O–H groups in total. The molecule has 1 aromatic heterocycles. The van der Waals surface area contributed by atoms with Gasteiger partial charge in [0.05, 0.1) is 44.2 Å². The molecule has 1 aliphatic rings. The van der Waals surface area contributed by atoms with Crippen LogP contribution in [0.1, 0.15) is 29.3 Å². The molecule has 47 heavy (non-hydrogen) atoms. The van der Waals surface area contributed by atoms with Crippen molar-refractivity contribution in [3.63, 3.8) is 0 Å². The molecule has 0 bridgehead atoms. The van der Waals surface area contributed by atoms with Crippen LogP contribution in [0.4, 0.5) is 21.0 Å². The fourth-order valence-electron chi connectivity index (χ4n) is 4.70. The summed E-state index contributed by atoms with van der Waals surface area (Å²) in [7, 11) is 0. The number of aryl methyl sites for hydroxylation is 1. The Labute approximate surface area is 274 Å². The van der Waals surface area contributed by atoms with E-state index >= 15 is 0 Å². The number of hydrogen-bond acceptors (Lipinski definition) is 13. The first-order valence-electron chi connectivity index (χ1n) is 13.8. The predicted molar refractivity (Wildman–Crippen MR) is 162 cm³/mol. The lowest BCUT2D eigenvalue weighted by Crippen LogP contribution is -2.33. The molecule has 3 aromatic rings. The summed E-state index contributed by atoms with van der Waals surface area (Å²) in [5, 5.41) is 22.8. The quantitative estimate of drug-likeness (QED) is 0.158. The standard InChI is InChI=1S/C28H26Cl2N4O13/c1-15-13-32(26(36)31-25(15)35)24-12-22(47-28(38)44-11-9-17-19(30)5-3-7-21(17)34(41)42)23(46-24)14-45-27(37)43-10-8-16-18(29)4-2-6-20(16)33(39)40/h2-7,13,22-24H,8-12,14H2,1H3,(H,31,35,36)/t22-,23+,24+/m0/s1. The average Bonchev–Trinajstić information content (AvgIpc) is 3.41. The fourth-order valence-corrected chi connectivity index (χ4v) is 5.23. The molecular formula is C28H26Cl2N4O13. The van der Waals surface area contributed by atoms with E-state index in [9.17, 15) is 39.4 Å². The second-order valence-corrected chi connectivity index (χ2v) is 10.8. The second-order valence-electron chi connectivity index (χ2n) is 10.00. The number of nitrogens with zero attached hydrogens (tertiary/aromatic N) is 3. The van der Waals surface area contributed by atoms with Gasteiger partial charge in [0, 0.05) is 43.2 Å². The van der Waals surface area contributed by atoms with Crippen LogP contribution in [0.15, 0.2) is 52.2 Å². The van der Waals surface area contributed by atoms with E-state index in [1.54, 1.807) is 0 Å². The van der Waals surface area contributed by atoms with Crippen molar-refractivity contribution in [1.29, 1.82) is 0 Å². The number of aromatic amines is 1. The topological polar surface area (TPSA) is 221 Å². The van der Waals surface area contributed by atoms with Gasteiger partial charge in [-0.2, -0.15) is 0 Å². The third-order valence-electron chi connectivity index (χ3n) is 6.98. The normalized spacial score (nSPS) is 17.1. The number of nitro benzene ring substituents is 2. The zero-order valence-corrected chi connectivity index (χ0v) is 25.9. The van der Waals surface area contributed by atoms with Crippen LogP contribution in [0.3, 0.4) is 0 Å². The second kappa shape index (κ2) is 15.5. The number of halogens is 2. The first-order valence-corrected chi connectivity index (χ1v) is 14.5. The van der Waals surface area contributed by atoms with Crippen molar-refractivity contribution >= 4 is 46.9 Å². The summed E-state index contributed by atoms with van der Waals surface area (Å²) in [5.41, 5.74) is -1.40. The number of hydrogen-bond donors (Lipinski definition) is 1. The molecule has 1 saturated heterocycles. The van der Waals surface area contributed by atoms with Gasteiger partial charge in [-0.1, -0.05) is 35.3 Å². The summed E-state index contributed by atoms with van der Waals surface area (Å²) in [6, 6.07) is 8.25. The Morgan fingerprint density at radius 2 is 1.49 bits per heavy atom. The molecule has 19 heteroatoms. The summed E-state index contributed by atoms with van der Waals surface area (Å²) in [6.45, 7) is 0.282. The van der Waals surface area contributed by atoms with Gasteiger partial charge in [0.25, 0.3) is 16.9 Å². The van der Waals surface area contributed by atoms with Crippen molar-refractivity contribution in [3.05, 3.63) is 110 Å². The molecule has 0 aliphatic carbocycles. The highest BCUT2D eigenvalue weighted by molar-refractivity contribution is 6.32. The third kappa shape index (κ3) is 8.84. The van der Waals surface area contributed by atoms with E-state index in [4.69, 9.17) is 46.9 Å². The summed E-state index contributed by atoms with van der Waals surface area (Å²) in [6.07, 6.45) is -4.77. The molecule has 250 valence electrons. The maximum absolute atomic E-state index is 12.6. The van der Waals surface area contributed by atoms with Gasteiger partial charge in [0.2, 0.25) is 0 Å². The number of nitrogens with one attached hydrogen (secondary N) is 1. The minimum atomic E-state index is -1.19. The molecule has 0 saturated carbocycles. The number of aromatic nitrogens is 2. The molecule has 4 rings (SSSR count). The van der Waals surface area contributed by atoms with Crippen molar-refractivity contribution in [2.24, 2.45) is 0 Å². The van der Waals surface area contributed by atoms with Gasteiger partial charge >= 0.3 is 18.0 Å².